The minimum absolute atomic E-state index is 0.722. The number of hydrogen-bond acceptors (Lipinski definition) is 2. The van der Waals surface area contributed by atoms with E-state index in [4.69, 9.17) is 16.7 Å². The number of nitrogens with zero attached hydrogens (tertiary/aromatic N) is 3. The van der Waals surface area contributed by atoms with E-state index in [1.807, 2.05) is 40.9 Å². The van der Waals surface area contributed by atoms with Crippen LogP contribution in [0.1, 0.15) is 0 Å². The van der Waals surface area contributed by atoms with Crippen molar-refractivity contribution in [3.8, 4) is 11.3 Å². The van der Waals surface area contributed by atoms with E-state index in [1.165, 1.54) is 0 Å². The van der Waals surface area contributed by atoms with Gasteiger partial charge in [0, 0.05) is 27.6 Å². The fraction of sp³-hybridized carbons (Fsp3) is 0. The zero-order valence-corrected chi connectivity index (χ0v) is 13.4. The third kappa shape index (κ3) is 1.92. The van der Waals surface area contributed by atoms with Gasteiger partial charge in [-0.15, -0.1) is 0 Å². The van der Waals surface area contributed by atoms with Gasteiger partial charge in [0.15, 0.2) is 0 Å². The average molecular weight is 330 g/mol. The normalized spacial score (nSPS) is 11.5. The molecule has 0 aliphatic rings. The average Bonchev–Trinajstić information content (AvgIpc) is 3.02. The van der Waals surface area contributed by atoms with Crippen molar-refractivity contribution >= 4 is 38.8 Å². The third-order valence-electron chi connectivity index (χ3n) is 4.34. The van der Waals surface area contributed by atoms with E-state index in [1.54, 1.807) is 12.4 Å². The molecule has 0 fully saturated rings. The summed E-state index contributed by atoms with van der Waals surface area (Å²) >= 11 is 6.25. The Morgan fingerprint density at radius 2 is 1.75 bits per heavy atom. The van der Waals surface area contributed by atoms with Crippen molar-refractivity contribution in [2.24, 2.45) is 0 Å². The maximum atomic E-state index is 6.25. The molecule has 5 aromatic rings. The van der Waals surface area contributed by atoms with Crippen LogP contribution in [0.2, 0.25) is 5.02 Å². The van der Waals surface area contributed by atoms with E-state index in [9.17, 15) is 0 Å². The Kier molecular flexibility index (Phi) is 2.84. The van der Waals surface area contributed by atoms with Crippen LogP contribution in [-0.2, 0) is 0 Å². The molecule has 2 aromatic carbocycles. The largest absolute Gasteiger partial charge is 0.262 e. The number of pyridine rings is 2. The van der Waals surface area contributed by atoms with Crippen molar-refractivity contribution in [1.82, 2.24) is 14.6 Å². The molecular weight excluding hydrogens is 318 g/mol. The van der Waals surface area contributed by atoms with Crippen molar-refractivity contribution in [2.75, 3.05) is 0 Å². The van der Waals surface area contributed by atoms with Gasteiger partial charge in [-0.25, -0.2) is 4.52 Å². The van der Waals surface area contributed by atoms with Gasteiger partial charge in [0.1, 0.15) is 5.52 Å². The second-order valence-corrected chi connectivity index (χ2v) is 6.22. The monoisotopic (exact) mass is 329 g/mol. The fourth-order valence-electron chi connectivity index (χ4n) is 3.25. The molecule has 0 aliphatic heterocycles. The standard InChI is InChI=1S/C20H12ClN3/c21-15-7-6-14-10-19(13-4-2-1-3-5-13)24-20(17(14)11-15)16-8-9-22-12-18(16)23-24/h1-12H. The summed E-state index contributed by atoms with van der Waals surface area (Å²) in [5.74, 6) is 0. The van der Waals surface area contributed by atoms with Gasteiger partial charge in [0.25, 0.3) is 0 Å². The van der Waals surface area contributed by atoms with Crippen LogP contribution in [0.3, 0.4) is 0 Å². The molecule has 3 aromatic heterocycles. The molecule has 3 heterocycles. The first-order valence-corrected chi connectivity index (χ1v) is 8.09. The molecule has 0 radical (unpaired) electrons. The van der Waals surface area contributed by atoms with Gasteiger partial charge in [-0.05, 0) is 29.7 Å². The van der Waals surface area contributed by atoms with Crippen LogP contribution < -0.4 is 0 Å². The van der Waals surface area contributed by atoms with Gasteiger partial charge >= 0.3 is 0 Å². The molecule has 0 saturated carbocycles. The molecule has 3 nitrogen and oxygen atoms in total. The molecule has 4 heteroatoms. The second-order valence-electron chi connectivity index (χ2n) is 5.78. The molecular formula is C20H12ClN3. The first-order chi connectivity index (χ1) is 11.8. The summed E-state index contributed by atoms with van der Waals surface area (Å²) < 4.78 is 2.00. The predicted molar refractivity (Wildman–Crippen MR) is 98.4 cm³/mol. The van der Waals surface area contributed by atoms with Crippen LogP contribution in [0.25, 0.3) is 38.4 Å². The Morgan fingerprint density at radius 1 is 0.875 bits per heavy atom. The fourth-order valence-corrected chi connectivity index (χ4v) is 3.43. The summed E-state index contributed by atoms with van der Waals surface area (Å²) in [6, 6.07) is 20.4. The number of halogens is 1. The van der Waals surface area contributed by atoms with E-state index < -0.39 is 0 Å². The van der Waals surface area contributed by atoms with Gasteiger partial charge in [0.05, 0.1) is 17.4 Å². The lowest BCUT2D eigenvalue weighted by molar-refractivity contribution is 0.994. The summed E-state index contributed by atoms with van der Waals surface area (Å²) in [5, 5.41) is 8.82. The van der Waals surface area contributed by atoms with Crippen LogP contribution in [0, 0.1) is 0 Å². The summed E-state index contributed by atoms with van der Waals surface area (Å²) in [6.07, 6.45) is 3.60. The Balaban J connectivity index is 2.05. The molecule has 0 spiro atoms. The van der Waals surface area contributed by atoms with Crippen LogP contribution in [0.15, 0.2) is 73.1 Å². The molecule has 5 rings (SSSR count). The maximum absolute atomic E-state index is 6.25. The van der Waals surface area contributed by atoms with Gasteiger partial charge in [0.2, 0.25) is 0 Å². The highest BCUT2D eigenvalue weighted by atomic mass is 35.5. The minimum Gasteiger partial charge on any atom is -0.262 e. The quantitative estimate of drug-likeness (QED) is 0.414. The first-order valence-electron chi connectivity index (χ1n) is 7.71. The highest BCUT2D eigenvalue weighted by Crippen LogP contribution is 2.33. The van der Waals surface area contributed by atoms with E-state index in [-0.39, 0.29) is 0 Å². The topological polar surface area (TPSA) is 30.2 Å². The number of aromatic nitrogens is 3. The number of rotatable bonds is 1. The summed E-state index contributed by atoms with van der Waals surface area (Å²) in [5.41, 5.74) is 4.12. The van der Waals surface area contributed by atoms with E-state index in [0.29, 0.717) is 0 Å². The number of fused-ring (bicyclic) bond motifs is 5. The van der Waals surface area contributed by atoms with Crippen LogP contribution >= 0.6 is 11.6 Å². The predicted octanol–water partition coefficient (Wildman–Crippen LogP) is 5.36. The second kappa shape index (κ2) is 5.05. The highest BCUT2D eigenvalue weighted by Gasteiger charge is 2.14. The summed E-state index contributed by atoms with van der Waals surface area (Å²) in [4.78, 5) is 4.21. The van der Waals surface area contributed by atoms with E-state index in [2.05, 4.69) is 29.2 Å². The highest BCUT2D eigenvalue weighted by molar-refractivity contribution is 6.31. The Hall–Kier alpha value is -2.91. The molecule has 24 heavy (non-hydrogen) atoms. The Bertz CT molecular complexity index is 1210. The van der Waals surface area contributed by atoms with Gasteiger partial charge < -0.3 is 0 Å². The maximum Gasteiger partial charge on any atom is 0.112 e. The molecule has 0 amide bonds. The SMILES string of the molecule is Clc1ccc2cc(-c3ccccc3)n3nc4cnccc4c3c2c1. The summed E-state index contributed by atoms with van der Waals surface area (Å²) in [6.45, 7) is 0. The molecule has 0 N–H and O–H groups in total. The Labute approximate surface area is 143 Å². The molecule has 0 saturated heterocycles. The lowest BCUT2D eigenvalue weighted by Gasteiger charge is -2.09. The first kappa shape index (κ1) is 13.5. The molecule has 0 unspecified atom stereocenters. The molecule has 0 bridgehead atoms. The van der Waals surface area contributed by atoms with Gasteiger partial charge in [-0.2, -0.15) is 5.10 Å². The zero-order chi connectivity index (χ0) is 16.1. The van der Waals surface area contributed by atoms with Crippen molar-refractivity contribution < 1.29 is 0 Å². The summed E-state index contributed by atoms with van der Waals surface area (Å²) in [7, 11) is 0. The van der Waals surface area contributed by atoms with Crippen molar-refractivity contribution in [1.29, 1.82) is 0 Å². The molecule has 0 atom stereocenters. The third-order valence-corrected chi connectivity index (χ3v) is 4.57. The molecule has 0 aliphatic carbocycles. The lowest BCUT2D eigenvalue weighted by Crippen LogP contribution is -1.95. The van der Waals surface area contributed by atoms with Crippen LogP contribution in [-0.4, -0.2) is 14.6 Å². The van der Waals surface area contributed by atoms with Crippen molar-refractivity contribution in [3.63, 3.8) is 0 Å². The lowest BCUT2D eigenvalue weighted by atomic mass is 10.0. The van der Waals surface area contributed by atoms with E-state index in [0.717, 1.165) is 43.5 Å². The van der Waals surface area contributed by atoms with Crippen molar-refractivity contribution in [2.45, 2.75) is 0 Å². The van der Waals surface area contributed by atoms with Gasteiger partial charge in [-0.3, -0.25) is 4.98 Å². The number of hydrogen-bond donors (Lipinski definition) is 0. The van der Waals surface area contributed by atoms with Crippen molar-refractivity contribution in [3.05, 3.63) is 78.1 Å². The smallest absolute Gasteiger partial charge is 0.112 e. The van der Waals surface area contributed by atoms with Crippen LogP contribution in [0.4, 0.5) is 0 Å². The Morgan fingerprint density at radius 3 is 2.62 bits per heavy atom. The van der Waals surface area contributed by atoms with Gasteiger partial charge in [-0.1, -0.05) is 48.0 Å². The van der Waals surface area contributed by atoms with E-state index >= 15 is 0 Å². The van der Waals surface area contributed by atoms with Crippen LogP contribution in [0.5, 0.6) is 0 Å². The molecule has 114 valence electrons. The number of benzene rings is 2. The zero-order valence-electron chi connectivity index (χ0n) is 12.6. The minimum atomic E-state index is 0.722.